The quantitative estimate of drug-likeness (QED) is 0.794. The van der Waals surface area contributed by atoms with Gasteiger partial charge in [-0.3, -0.25) is 0 Å². The molecule has 0 radical (unpaired) electrons. The number of benzene rings is 2. The Bertz CT molecular complexity index is 633. The van der Waals surface area contributed by atoms with Crippen LogP contribution in [0.2, 0.25) is 5.02 Å². The van der Waals surface area contributed by atoms with Crippen LogP contribution in [0.4, 0.5) is 0 Å². The van der Waals surface area contributed by atoms with Crippen LogP contribution in [0.3, 0.4) is 0 Å². The Morgan fingerprint density at radius 2 is 1.62 bits per heavy atom. The fraction of sp³-hybridized carbons (Fsp3) is 0.333. The van der Waals surface area contributed by atoms with Gasteiger partial charge in [-0.1, -0.05) is 43.6 Å². The van der Waals surface area contributed by atoms with E-state index in [2.05, 4.69) is 32.0 Å². The molecule has 0 saturated carbocycles. The van der Waals surface area contributed by atoms with Crippen LogP contribution in [-0.2, 0) is 0 Å². The second-order valence-corrected chi connectivity index (χ2v) is 6.05. The molecule has 2 aromatic rings. The largest absolute Gasteiger partial charge is 0.456 e. The minimum Gasteiger partial charge on any atom is -0.456 e. The zero-order chi connectivity index (χ0) is 15.6. The van der Waals surface area contributed by atoms with Crippen molar-refractivity contribution in [3.05, 3.63) is 58.1 Å². The van der Waals surface area contributed by atoms with Crippen LogP contribution in [0.5, 0.6) is 11.5 Å². The van der Waals surface area contributed by atoms with Gasteiger partial charge in [0.2, 0.25) is 0 Å². The standard InChI is InChI=1S/C18H21ClO2/c1-11(2)14-6-5-12(3)18(10-14)21-17-8-7-15(13(4)20)9-16(17)19/h5-11,13,20H,1-4H3/t13-/m0/s1. The van der Waals surface area contributed by atoms with Crippen LogP contribution in [0, 0.1) is 6.92 Å². The summed E-state index contributed by atoms with van der Waals surface area (Å²) in [5.41, 5.74) is 3.07. The normalized spacial score (nSPS) is 12.5. The van der Waals surface area contributed by atoms with E-state index in [1.165, 1.54) is 5.56 Å². The molecule has 21 heavy (non-hydrogen) atoms. The van der Waals surface area contributed by atoms with E-state index in [0.717, 1.165) is 16.9 Å². The third-order valence-electron chi connectivity index (χ3n) is 3.54. The van der Waals surface area contributed by atoms with E-state index in [9.17, 15) is 5.11 Å². The number of hydrogen-bond donors (Lipinski definition) is 1. The average molecular weight is 305 g/mol. The minimum absolute atomic E-state index is 0.445. The number of halogens is 1. The van der Waals surface area contributed by atoms with E-state index in [0.29, 0.717) is 16.7 Å². The lowest BCUT2D eigenvalue weighted by Gasteiger charge is -2.14. The smallest absolute Gasteiger partial charge is 0.146 e. The second-order valence-electron chi connectivity index (χ2n) is 5.65. The van der Waals surface area contributed by atoms with Gasteiger partial charge in [0.25, 0.3) is 0 Å². The number of aryl methyl sites for hydroxylation is 1. The molecule has 112 valence electrons. The molecule has 2 rings (SSSR count). The van der Waals surface area contributed by atoms with E-state index in [1.54, 1.807) is 19.1 Å². The first-order valence-electron chi connectivity index (χ1n) is 7.14. The summed E-state index contributed by atoms with van der Waals surface area (Å²) in [6.07, 6.45) is -0.539. The van der Waals surface area contributed by atoms with Crippen LogP contribution in [-0.4, -0.2) is 5.11 Å². The second kappa shape index (κ2) is 6.50. The van der Waals surface area contributed by atoms with Gasteiger partial charge in [0.15, 0.2) is 0 Å². The van der Waals surface area contributed by atoms with Crippen LogP contribution in [0.1, 0.15) is 49.5 Å². The minimum atomic E-state index is -0.539. The first kappa shape index (κ1) is 15.9. The highest BCUT2D eigenvalue weighted by molar-refractivity contribution is 6.32. The van der Waals surface area contributed by atoms with Gasteiger partial charge in [0.1, 0.15) is 11.5 Å². The third-order valence-corrected chi connectivity index (χ3v) is 3.83. The van der Waals surface area contributed by atoms with Crippen molar-refractivity contribution < 1.29 is 9.84 Å². The molecule has 0 aliphatic carbocycles. The summed E-state index contributed by atoms with van der Waals surface area (Å²) in [7, 11) is 0. The monoisotopic (exact) mass is 304 g/mol. The van der Waals surface area contributed by atoms with E-state index in [-0.39, 0.29) is 0 Å². The summed E-state index contributed by atoms with van der Waals surface area (Å²) in [6, 6.07) is 11.6. The molecule has 0 aliphatic heterocycles. The van der Waals surface area contributed by atoms with Crippen molar-refractivity contribution in [3.63, 3.8) is 0 Å². The lowest BCUT2D eigenvalue weighted by atomic mass is 10.0. The highest BCUT2D eigenvalue weighted by Crippen LogP contribution is 2.34. The predicted molar refractivity (Wildman–Crippen MR) is 87.4 cm³/mol. The number of ether oxygens (including phenoxy) is 1. The summed E-state index contributed by atoms with van der Waals surface area (Å²) in [5.74, 6) is 1.86. The van der Waals surface area contributed by atoms with Crippen molar-refractivity contribution in [2.75, 3.05) is 0 Å². The lowest BCUT2D eigenvalue weighted by Crippen LogP contribution is -1.95. The number of rotatable bonds is 4. The molecule has 1 atom stereocenters. The van der Waals surface area contributed by atoms with Gasteiger partial charge < -0.3 is 9.84 Å². The van der Waals surface area contributed by atoms with Crippen LogP contribution >= 0.6 is 11.6 Å². The van der Waals surface area contributed by atoms with E-state index >= 15 is 0 Å². The summed E-state index contributed by atoms with van der Waals surface area (Å²) in [4.78, 5) is 0. The van der Waals surface area contributed by atoms with Crippen molar-refractivity contribution in [1.29, 1.82) is 0 Å². The lowest BCUT2D eigenvalue weighted by molar-refractivity contribution is 0.199. The summed E-state index contributed by atoms with van der Waals surface area (Å²) in [6.45, 7) is 8.03. The molecule has 2 nitrogen and oxygen atoms in total. The first-order valence-corrected chi connectivity index (χ1v) is 7.52. The Morgan fingerprint density at radius 1 is 0.952 bits per heavy atom. The Balaban J connectivity index is 2.32. The molecule has 0 aliphatic rings. The molecule has 3 heteroatoms. The Kier molecular flexibility index (Phi) is 4.92. The molecule has 0 aromatic heterocycles. The summed E-state index contributed by atoms with van der Waals surface area (Å²) in [5, 5.41) is 10.1. The molecule has 0 heterocycles. The molecule has 1 N–H and O–H groups in total. The van der Waals surface area contributed by atoms with Crippen molar-refractivity contribution in [3.8, 4) is 11.5 Å². The maximum Gasteiger partial charge on any atom is 0.146 e. The average Bonchev–Trinajstić information content (AvgIpc) is 2.42. The fourth-order valence-electron chi connectivity index (χ4n) is 2.06. The van der Waals surface area contributed by atoms with Crippen molar-refractivity contribution in [2.24, 2.45) is 0 Å². The van der Waals surface area contributed by atoms with Gasteiger partial charge in [-0.2, -0.15) is 0 Å². The third kappa shape index (κ3) is 3.78. The molecule has 0 unspecified atom stereocenters. The fourth-order valence-corrected chi connectivity index (χ4v) is 2.29. The van der Waals surface area contributed by atoms with Gasteiger partial charge in [-0.05, 0) is 54.7 Å². The van der Waals surface area contributed by atoms with Gasteiger partial charge in [0, 0.05) is 0 Å². The van der Waals surface area contributed by atoms with Crippen molar-refractivity contribution >= 4 is 11.6 Å². The topological polar surface area (TPSA) is 29.5 Å². The zero-order valence-electron chi connectivity index (χ0n) is 12.9. The first-order chi connectivity index (χ1) is 9.88. The van der Waals surface area contributed by atoms with Gasteiger partial charge in [-0.25, -0.2) is 0 Å². The van der Waals surface area contributed by atoms with Crippen molar-refractivity contribution in [1.82, 2.24) is 0 Å². The predicted octanol–water partition coefficient (Wildman–Crippen LogP) is 5.62. The maximum atomic E-state index is 9.57. The van der Waals surface area contributed by atoms with Crippen LogP contribution in [0.15, 0.2) is 36.4 Å². The van der Waals surface area contributed by atoms with Crippen LogP contribution in [0.25, 0.3) is 0 Å². The van der Waals surface area contributed by atoms with Crippen LogP contribution < -0.4 is 4.74 Å². The molecular weight excluding hydrogens is 284 g/mol. The molecule has 2 aromatic carbocycles. The van der Waals surface area contributed by atoms with E-state index < -0.39 is 6.10 Å². The molecule has 0 fully saturated rings. The summed E-state index contributed by atoms with van der Waals surface area (Å²) < 4.78 is 5.95. The SMILES string of the molecule is Cc1ccc(C(C)C)cc1Oc1ccc([C@H](C)O)cc1Cl. The Hall–Kier alpha value is -1.51. The number of aliphatic hydroxyl groups is 1. The molecule has 0 amide bonds. The molecule has 0 spiro atoms. The Labute approximate surface area is 131 Å². The van der Waals surface area contributed by atoms with E-state index in [1.807, 2.05) is 13.0 Å². The number of aliphatic hydroxyl groups excluding tert-OH is 1. The molecular formula is C18H21ClO2. The zero-order valence-corrected chi connectivity index (χ0v) is 13.6. The van der Waals surface area contributed by atoms with Gasteiger partial charge in [0.05, 0.1) is 11.1 Å². The molecule has 0 bridgehead atoms. The van der Waals surface area contributed by atoms with Gasteiger partial charge >= 0.3 is 0 Å². The Morgan fingerprint density at radius 3 is 2.19 bits per heavy atom. The highest BCUT2D eigenvalue weighted by Gasteiger charge is 2.10. The van der Waals surface area contributed by atoms with Gasteiger partial charge in [-0.15, -0.1) is 0 Å². The number of hydrogen-bond acceptors (Lipinski definition) is 2. The van der Waals surface area contributed by atoms with E-state index in [4.69, 9.17) is 16.3 Å². The summed E-state index contributed by atoms with van der Waals surface area (Å²) >= 11 is 6.24. The molecule has 0 saturated heterocycles. The maximum absolute atomic E-state index is 9.57. The highest BCUT2D eigenvalue weighted by atomic mass is 35.5. The van der Waals surface area contributed by atoms with Crippen molar-refractivity contribution in [2.45, 2.75) is 39.7 Å².